The average molecular weight is 183 g/mol. The van der Waals surface area contributed by atoms with Crippen molar-refractivity contribution in [3.8, 4) is 0 Å². The van der Waals surface area contributed by atoms with Crippen LogP contribution in [0.3, 0.4) is 0 Å². The van der Waals surface area contributed by atoms with E-state index in [2.05, 4.69) is 15.2 Å². The van der Waals surface area contributed by atoms with Crippen molar-refractivity contribution in [2.75, 3.05) is 0 Å². The van der Waals surface area contributed by atoms with Crippen molar-refractivity contribution in [3.63, 3.8) is 0 Å². The predicted octanol–water partition coefficient (Wildman–Crippen LogP) is 2.20. The number of nitrogens with one attached hydrogen (secondary N) is 1. The smallest absolute Gasteiger partial charge is 0.261 e. The molecule has 0 bridgehead atoms. The molecular weight excluding hydrogens is 176 g/mol. The summed E-state index contributed by atoms with van der Waals surface area (Å²) in [7, 11) is 0. The van der Waals surface area contributed by atoms with E-state index < -0.39 is 6.43 Å². The lowest BCUT2D eigenvalue weighted by molar-refractivity contribution is 0.146. The van der Waals surface area contributed by atoms with Crippen LogP contribution in [0, 0.1) is 6.92 Å². The van der Waals surface area contributed by atoms with Crippen molar-refractivity contribution in [1.29, 1.82) is 0 Å². The molecular formula is C8H7F2N3. The van der Waals surface area contributed by atoms with Crippen LogP contribution in [0.15, 0.2) is 12.3 Å². The van der Waals surface area contributed by atoms with Gasteiger partial charge in [-0.3, -0.25) is 5.10 Å². The average Bonchev–Trinajstić information content (AvgIpc) is 2.51. The molecule has 0 radical (unpaired) electrons. The molecule has 1 N–H and O–H groups in total. The summed E-state index contributed by atoms with van der Waals surface area (Å²) in [5.74, 6) is 0. The predicted molar refractivity (Wildman–Crippen MR) is 43.6 cm³/mol. The quantitative estimate of drug-likeness (QED) is 0.736. The molecule has 0 amide bonds. The second-order valence-corrected chi connectivity index (χ2v) is 2.80. The Morgan fingerprint density at radius 3 is 2.92 bits per heavy atom. The van der Waals surface area contributed by atoms with Crippen molar-refractivity contribution >= 4 is 11.0 Å². The highest BCUT2D eigenvalue weighted by molar-refractivity contribution is 5.77. The molecule has 0 aromatic carbocycles. The molecule has 2 aromatic heterocycles. The monoisotopic (exact) mass is 183 g/mol. The molecule has 0 aliphatic heterocycles. The van der Waals surface area contributed by atoms with Crippen LogP contribution >= 0.6 is 0 Å². The number of hydrogen-bond acceptors (Lipinski definition) is 2. The fraction of sp³-hybridized carbons (Fsp3) is 0.250. The van der Waals surface area contributed by atoms with Gasteiger partial charge in [0.15, 0.2) is 5.65 Å². The third kappa shape index (κ3) is 1.26. The summed E-state index contributed by atoms with van der Waals surface area (Å²) in [6.45, 7) is 1.76. The van der Waals surface area contributed by atoms with Crippen molar-refractivity contribution in [3.05, 3.63) is 23.5 Å². The topological polar surface area (TPSA) is 41.6 Å². The minimum Gasteiger partial charge on any atom is -0.261 e. The van der Waals surface area contributed by atoms with Gasteiger partial charge in [0.05, 0.1) is 6.20 Å². The van der Waals surface area contributed by atoms with Gasteiger partial charge in [0.1, 0.15) is 5.69 Å². The first-order chi connectivity index (χ1) is 6.18. The number of hydrogen-bond donors (Lipinski definition) is 1. The number of aromatic amines is 1. The SMILES string of the molecule is Cc1cc(C(F)F)nc2[nH]ncc12. The van der Waals surface area contributed by atoms with Gasteiger partial charge in [-0.25, -0.2) is 13.8 Å². The third-order valence-electron chi connectivity index (χ3n) is 1.87. The van der Waals surface area contributed by atoms with Gasteiger partial charge in [0.2, 0.25) is 0 Å². The molecule has 0 saturated heterocycles. The van der Waals surface area contributed by atoms with Crippen LogP contribution in [0.25, 0.3) is 11.0 Å². The molecule has 13 heavy (non-hydrogen) atoms. The molecule has 0 spiro atoms. The maximum Gasteiger partial charge on any atom is 0.280 e. The zero-order valence-corrected chi connectivity index (χ0v) is 6.88. The summed E-state index contributed by atoms with van der Waals surface area (Å²) in [4.78, 5) is 3.73. The van der Waals surface area contributed by atoms with Gasteiger partial charge < -0.3 is 0 Å². The second kappa shape index (κ2) is 2.76. The van der Waals surface area contributed by atoms with Crippen LogP contribution in [-0.2, 0) is 0 Å². The number of halogens is 2. The van der Waals surface area contributed by atoms with Gasteiger partial charge in [-0.2, -0.15) is 5.10 Å². The molecule has 0 atom stereocenters. The van der Waals surface area contributed by atoms with E-state index in [0.717, 1.165) is 10.9 Å². The molecule has 2 heterocycles. The van der Waals surface area contributed by atoms with E-state index in [4.69, 9.17) is 0 Å². The Labute approximate surface area is 72.8 Å². The molecule has 0 fully saturated rings. The lowest BCUT2D eigenvalue weighted by atomic mass is 10.2. The normalized spacial score (nSPS) is 11.4. The summed E-state index contributed by atoms with van der Waals surface area (Å²) in [6, 6.07) is 1.38. The second-order valence-electron chi connectivity index (χ2n) is 2.80. The van der Waals surface area contributed by atoms with Crippen LogP contribution in [0.1, 0.15) is 17.7 Å². The molecule has 0 unspecified atom stereocenters. The van der Waals surface area contributed by atoms with Crippen LogP contribution in [0.4, 0.5) is 8.78 Å². The van der Waals surface area contributed by atoms with Gasteiger partial charge in [0, 0.05) is 5.39 Å². The Morgan fingerprint density at radius 1 is 1.46 bits per heavy atom. The van der Waals surface area contributed by atoms with E-state index in [9.17, 15) is 8.78 Å². The van der Waals surface area contributed by atoms with Gasteiger partial charge in [-0.15, -0.1) is 0 Å². The number of aromatic nitrogens is 3. The van der Waals surface area contributed by atoms with E-state index >= 15 is 0 Å². The Morgan fingerprint density at radius 2 is 2.23 bits per heavy atom. The van der Waals surface area contributed by atoms with Crippen LogP contribution in [-0.4, -0.2) is 15.2 Å². The van der Waals surface area contributed by atoms with E-state index in [1.165, 1.54) is 6.07 Å². The van der Waals surface area contributed by atoms with Crippen LogP contribution in [0.2, 0.25) is 0 Å². The Hall–Kier alpha value is -1.52. The molecule has 0 saturated carbocycles. The molecule has 2 rings (SSSR count). The minimum absolute atomic E-state index is 0.214. The highest BCUT2D eigenvalue weighted by atomic mass is 19.3. The highest BCUT2D eigenvalue weighted by Gasteiger charge is 2.11. The third-order valence-corrected chi connectivity index (χ3v) is 1.87. The first kappa shape index (κ1) is 8.10. The fourth-order valence-corrected chi connectivity index (χ4v) is 1.23. The van der Waals surface area contributed by atoms with Crippen LogP contribution < -0.4 is 0 Å². The van der Waals surface area contributed by atoms with Gasteiger partial charge in [-0.1, -0.05) is 0 Å². The fourth-order valence-electron chi connectivity index (χ4n) is 1.23. The molecule has 5 heteroatoms. The summed E-state index contributed by atoms with van der Waals surface area (Å²) in [5.41, 5.74) is 0.957. The highest BCUT2D eigenvalue weighted by Crippen LogP contribution is 2.21. The number of aryl methyl sites for hydroxylation is 1. The largest absolute Gasteiger partial charge is 0.280 e. The number of nitrogens with zero attached hydrogens (tertiary/aromatic N) is 2. The molecule has 0 aliphatic carbocycles. The Balaban J connectivity index is 2.70. The minimum atomic E-state index is -2.54. The maximum atomic E-state index is 12.3. The van der Waals surface area contributed by atoms with Crippen LogP contribution in [0.5, 0.6) is 0 Å². The molecule has 3 nitrogen and oxygen atoms in total. The van der Waals surface area contributed by atoms with Gasteiger partial charge in [-0.05, 0) is 18.6 Å². The summed E-state index contributed by atoms with van der Waals surface area (Å²) in [5, 5.41) is 7.07. The first-order valence-electron chi connectivity index (χ1n) is 3.77. The van der Waals surface area contributed by atoms with E-state index in [1.54, 1.807) is 13.1 Å². The zero-order chi connectivity index (χ0) is 9.42. The number of alkyl halides is 2. The lowest BCUT2D eigenvalue weighted by Gasteiger charge is -2.00. The Kier molecular flexibility index (Phi) is 1.72. The van der Waals surface area contributed by atoms with Crippen molar-refractivity contribution < 1.29 is 8.78 Å². The number of fused-ring (bicyclic) bond motifs is 1. The lowest BCUT2D eigenvalue weighted by Crippen LogP contribution is -1.92. The Bertz CT molecular complexity index is 436. The van der Waals surface area contributed by atoms with E-state index in [0.29, 0.717) is 5.65 Å². The van der Waals surface area contributed by atoms with Crippen molar-refractivity contribution in [2.24, 2.45) is 0 Å². The standard InChI is InChI=1S/C8H7F2N3/c1-4-2-6(7(9)10)12-8-5(4)3-11-13-8/h2-3,7H,1H3,(H,11,12,13). The van der Waals surface area contributed by atoms with E-state index in [1.807, 2.05) is 0 Å². The van der Waals surface area contributed by atoms with E-state index in [-0.39, 0.29) is 5.69 Å². The molecule has 68 valence electrons. The summed E-state index contributed by atoms with van der Waals surface area (Å²) >= 11 is 0. The maximum absolute atomic E-state index is 12.3. The number of H-pyrrole nitrogens is 1. The first-order valence-corrected chi connectivity index (χ1v) is 3.77. The summed E-state index contributed by atoms with van der Waals surface area (Å²) < 4.78 is 24.6. The number of rotatable bonds is 1. The zero-order valence-electron chi connectivity index (χ0n) is 6.88. The van der Waals surface area contributed by atoms with Crippen molar-refractivity contribution in [1.82, 2.24) is 15.2 Å². The number of pyridine rings is 1. The van der Waals surface area contributed by atoms with Gasteiger partial charge >= 0.3 is 0 Å². The van der Waals surface area contributed by atoms with Gasteiger partial charge in [0.25, 0.3) is 6.43 Å². The summed E-state index contributed by atoms with van der Waals surface area (Å²) in [6.07, 6.45) is -0.959. The molecule has 2 aromatic rings. The van der Waals surface area contributed by atoms with Crippen molar-refractivity contribution in [2.45, 2.75) is 13.3 Å². The molecule has 0 aliphatic rings.